The van der Waals surface area contributed by atoms with E-state index in [0.717, 1.165) is 5.92 Å². The summed E-state index contributed by atoms with van der Waals surface area (Å²) in [6.07, 6.45) is 4.79. The van der Waals surface area contributed by atoms with E-state index in [9.17, 15) is 0 Å². The molecule has 0 aromatic carbocycles. The zero-order valence-corrected chi connectivity index (χ0v) is 6.45. The third-order valence-electron chi connectivity index (χ3n) is 2.57. The van der Waals surface area contributed by atoms with E-state index in [0.29, 0.717) is 6.04 Å². The van der Waals surface area contributed by atoms with E-state index < -0.39 is 0 Å². The zero-order chi connectivity index (χ0) is 6.97. The van der Waals surface area contributed by atoms with E-state index in [1.165, 1.54) is 25.9 Å². The molecule has 0 aliphatic carbocycles. The maximum atomic E-state index is 4.21. The van der Waals surface area contributed by atoms with Crippen molar-refractivity contribution in [1.82, 2.24) is 4.90 Å². The Morgan fingerprint density at radius 2 is 2.00 bits per heavy atom. The van der Waals surface area contributed by atoms with E-state index in [1.54, 1.807) is 0 Å². The summed E-state index contributed by atoms with van der Waals surface area (Å²) in [7, 11) is 2.20. The Balaban J connectivity index is 1.79. The lowest BCUT2D eigenvalue weighted by atomic mass is 9.93. The molecule has 0 radical (unpaired) electrons. The lowest BCUT2D eigenvalue weighted by Crippen LogP contribution is -2.32. The van der Waals surface area contributed by atoms with Gasteiger partial charge in [0, 0.05) is 6.21 Å². The van der Waals surface area contributed by atoms with E-state index >= 15 is 0 Å². The van der Waals surface area contributed by atoms with Gasteiger partial charge < -0.3 is 4.90 Å². The van der Waals surface area contributed by atoms with Crippen molar-refractivity contribution in [2.45, 2.75) is 18.9 Å². The van der Waals surface area contributed by atoms with E-state index in [2.05, 4.69) is 23.2 Å². The standard InChI is InChI=1S/C8H14N2/c1-10-4-2-7(3-5-10)8-6-9-8/h6-8H,2-5H2,1H3. The van der Waals surface area contributed by atoms with Crippen LogP contribution in [0.1, 0.15) is 12.8 Å². The van der Waals surface area contributed by atoms with Gasteiger partial charge in [-0.3, -0.25) is 4.99 Å². The molecule has 0 amide bonds. The molecule has 56 valence electrons. The summed E-state index contributed by atoms with van der Waals surface area (Å²) < 4.78 is 0. The van der Waals surface area contributed by atoms with Gasteiger partial charge in [0.2, 0.25) is 0 Å². The zero-order valence-electron chi connectivity index (χ0n) is 6.45. The van der Waals surface area contributed by atoms with Gasteiger partial charge in [0.05, 0.1) is 6.04 Å². The molecular formula is C8H14N2. The van der Waals surface area contributed by atoms with Crippen molar-refractivity contribution in [2.75, 3.05) is 20.1 Å². The normalized spacial score (nSPS) is 34.7. The van der Waals surface area contributed by atoms with Crippen molar-refractivity contribution < 1.29 is 0 Å². The summed E-state index contributed by atoms with van der Waals surface area (Å²) in [6, 6.07) is 0.647. The highest BCUT2D eigenvalue weighted by Gasteiger charge is 2.28. The molecule has 1 atom stereocenters. The van der Waals surface area contributed by atoms with Crippen molar-refractivity contribution in [1.29, 1.82) is 0 Å². The average Bonchev–Trinajstić information content (AvgIpc) is 2.71. The van der Waals surface area contributed by atoms with Crippen LogP contribution in [0.25, 0.3) is 0 Å². The Bertz CT molecular complexity index is 139. The van der Waals surface area contributed by atoms with Crippen LogP contribution in [-0.2, 0) is 0 Å². The second-order valence-corrected chi connectivity index (χ2v) is 3.43. The summed E-state index contributed by atoms with van der Waals surface area (Å²) in [6.45, 7) is 2.54. The first-order chi connectivity index (χ1) is 4.86. The Morgan fingerprint density at radius 3 is 2.50 bits per heavy atom. The number of hydrogen-bond donors (Lipinski definition) is 0. The van der Waals surface area contributed by atoms with Crippen LogP contribution >= 0.6 is 0 Å². The first kappa shape index (κ1) is 6.35. The molecule has 0 bridgehead atoms. The Hall–Kier alpha value is -0.370. The van der Waals surface area contributed by atoms with Crippen molar-refractivity contribution in [3.8, 4) is 0 Å². The molecule has 0 aromatic heterocycles. The highest BCUT2D eigenvalue weighted by Crippen LogP contribution is 2.25. The number of rotatable bonds is 1. The number of aliphatic imine (C=N–C) groups is 1. The molecule has 1 fully saturated rings. The Kier molecular flexibility index (Phi) is 1.49. The van der Waals surface area contributed by atoms with E-state index in [-0.39, 0.29) is 0 Å². The monoisotopic (exact) mass is 138 g/mol. The fraction of sp³-hybridized carbons (Fsp3) is 0.875. The molecule has 0 N–H and O–H groups in total. The summed E-state index contributed by atoms with van der Waals surface area (Å²) in [5.41, 5.74) is 0. The molecule has 2 heteroatoms. The fourth-order valence-electron chi connectivity index (χ4n) is 1.66. The highest BCUT2D eigenvalue weighted by atomic mass is 15.1. The van der Waals surface area contributed by atoms with Gasteiger partial charge in [0.1, 0.15) is 0 Å². The maximum absolute atomic E-state index is 4.21. The molecule has 2 aliphatic rings. The maximum Gasteiger partial charge on any atom is 0.0872 e. The van der Waals surface area contributed by atoms with Gasteiger partial charge in [0.15, 0.2) is 0 Å². The molecule has 0 spiro atoms. The molecule has 0 aromatic rings. The second kappa shape index (κ2) is 2.35. The van der Waals surface area contributed by atoms with Crippen molar-refractivity contribution in [3.63, 3.8) is 0 Å². The smallest absolute Gasteiger partial charge is 0.0872 e. The van der Waals surface area contributed by atoms with Crippen LogP contribution in [-0.4, -0.2) is 37.3 Å². The quantitative estimate of drug-likeness (QED) is 0.523. The van der Waals surface area contributed by atoms with E-state index in [1.807, 2.05) is 0 Å². The predicted octanol–water partition coefficient (Wildman–Crippen LogP) is 0.781. The molecule has 2 nitrogen and oxygen atoms in total. The molecule has 2 rings (SSSR count). The van der Waals surface area contributed by atoms with Crippen LogP contribution in [0.3, 0.4) is 0 Å². The summed E-state index contributed by atoms with van der Waals surface area (Å²) in [5, 5.41) is 0. The summed E-state index contributed by atoms with van der Waals surface area (Å²) >= 11 is 0. The third kappa shape index (κ3) is 1.21. The van der Waals surface area contributed by atoms with Gasteiger partial charge in [-0.2, -0.15) is 0 Å². The topological polar surface area (TPSA) is 15.6 Å². The van der Waals surface area contributed by atoms with Gasteiger partial charge in [0.25, 0.3) is 0 Å². The highest BCUT2D eigenvalue weighted by molar-refractivity contribution is 5.78. The van der Waals surface area contributed by atoms with E-state index in [4.69, 9.17) is 0 Å². The molecule has 2 heterocycles. The minimum Gasteiger partial charge on any atom is -0.306 e. The second-order valence-electron chi connectivity index (χ2n) is 3.43. The van der Waals surface area contributed by atoms with Gasteiger partial charge in [-0.15, -0.1) is 0 Å². The fourth-order valence-corrected chi connectivity index (χ4v) is 1.66. The number of hydrogen-bond acceptors (Lipinski definition) is 2. The van der Waals surface area contributed by atoms with Crippen LogP contribution in [0, 0.1) is 5.92 Å². The van der Waals surface area contributed by atoms with Crippen molar-refractivity contribution >= 4 is 6.21 Å². The minimum atomic E-state index is 0.647. The van der Waals surface area contributed by atoms with Crippen LogP contribution in [0.2, 0.25) is 0 Å². The largest absolute Gasteiger partial charge is 0.306 e. The first-order valence-electron chi connectivity index (χ1n) is 4.08. The molecule has 1 unspecified atom stereocenters. The van der Waals surface area contributed by atoms with Crippen LogP contribution in [0.4, 0.5) is 0 Å². The molecule has 10 heavy (non-hydrogen) atoms. The average molecular weight is 138 g/mol. The summed E-state index contributed by atoms with van der Waals surface area (Å²) in [4.78, 5) is 6.61. The SMILES string of the molecule is CN1CCC(C2C=N2)CC1. The lowest BCUT2D eigenvalue weighted by Gasteiger charge is -2.27. The first-order valence-corrected chi connectivity index (χ1v) is 4.08. The van der Waals surface area contributed by atoms with Crippen LogP contribution in [0.5, 0.6) is 0 Å². The van der Waals surface area contributed by atoms with Gasteiger partial charge in [-0.25, -0.2) is 0 Å². The van der Waals surface area contributed by atoms with Gasteiger partial charge >= 0.3 is 0 Å². The Morgan fingerprint density at radius 1 is 1.40 bits per heavy atom. The van der Waals surface area contributed by atoms with Crippen LogP contribution < -0.4 is 0 Å². The lowest BCUT2D eigenvalue weighted by molar-refractivity contribution is 0.220. The predicted molar refractivity (Wildman–Crippen MR) is 42.5 cm³/mol. The molecule has 1 saturated heterocycles. The van der Waals surface area contributed by atoms with Crippen LogP contribution in [0.15, 0.2) is 4.99 Å². The Labute approximate surface area is 61.9 Å². The van der Waals surface area contributed by atoms with Gasteiger partial charge in [-0.1, -0.05) is 0 Å². The summed E-state index contributed by atoms with van der Waals surface area (Å²) in [5.74, 6) is 0.885. The number of nitrogens with zero attached hydrogens (tertiary/aromatic N) is 2. The van der Waals surface area contributed by atoms with Crippen molar-refractivity contribution in [3.05, 3.63) is 0 Å². The number of likely N-dealkylation sites (tertiary alicyclic amines) is 1. The van der Waals surface area contributed by atoms with Crippen molar-refractivity contribution in [2.24, 2.45) is 10.9 Å². The molecule has 0 saturated carbocycles. The number of piperidine rings is 1. The molecular weight excluding hydrogens is 124 g/mol. The van der Waals surface area contributed by atoms with Gasteiger partial charge in [-0.05, 0) is 38.9 Å². The minimum absolute atomic E-state index is 0.647. The molecule has 2 aliphatic heterocycles. The third-order valence-corrected chi connectivity index (χ3v) is 2.57.